The summed E-state index contributed by atoms with van der Waals surface area (Å²) < 4.78 is 0. The van der Waals surface area contributed by atoms with Gasteiger partial charge in [0.1, 0.15) is 11.6 Å². The molecule has 25 heavy (non-hydrogen) atoms. The highest BCUT2D eigenvalue weighted by atomic mass is 16.3. The third kappa shape index (κ3) is 2.35. The second kappa shape index (κ2) is 5.73. The summed E-state index contributed by atoms with van der Waals surface area (Å²) in [6.45, 7) is 1.11. The number of piperidine rings is 1. The number of phenolic OH excluding ortho intramolecular Hbond substituents is 1. The number of hydrogen-bond acceptors (Lipinski definition) is 4. The van der Waals surface area contributed by atoms with Crippen LogP contribution in [0.3, 0.4) is 0 Å². The molecule has 2 bridgehead atoms. The Bertz CT molecular complexity index is 787. The Morgan fingerprint density at radius 1 is 1.20 bits per heavy atom. The second-order valence-electron chi connectivity index (χ2n) is 7.89. The van der Waals surface area contributed by atoms with Gasteiger partial charge in [0, 0.05) is 17.7 Å². The largest absolute Gasteiger partial charge is 0.506 e. The van der Waals surface area contributed by atoms with Gasteiger partial charge in [-0.05, 0) is 73.5 Å². The lowest BCUT2D eigenvalue weighted by Gasteiger charge is -2.56. The Hall–Kier alpha value is -2.07. The van der Waals surface area contributed by atoms with E-state index in [1.165, 1.54) is 43.2 Å². The van der Waals surface area contributed by atoms with Gasteiger partial charge in [-0.15, -0.1) is 0 Å². The summed E-state index contributed by atoms with van der Waals surface area (Å²) in [5.74, 6) is 1.84. The van der Waals surface area contributed by atoms with Crippen LogP contribution in [0, 0.1) is 5.92 Å². The number of rotatable bonds is 2. The number of aromatic hydroxyl groups is 1. The molecule has 0 radical (unpaired) electrons. The molecule has 2 aliphatic carbocycles. The minimum Gasteiger partial charge on any atom is -0.506 e. The molecule has 3 N–H and O–H groups in total. The molecule has 0 unspecified atom stereocenters. The van der Waals surface area contributed by atoms with E-state index in [1.807, 2.05) is 18.2 Å². The van der Waals surface area contributed by atoms with E-state index in [0.717, 1.165) is 30.4 Å². The van der Waals surface area contributed by atoms with Crippen LogP contribution in [-0.4, -0.2) is 22.7 Å². The highest BCUT2D eigenvalue weighted by molar-refractivity contribution is 5.67. The topological polar surface area (TPSA) is 57.2 Å². The van der Waals surface area contributed by atoms with Gasteiger partial charge in [-0.25, -0.2) is 4.98 Å². The zero-order valence-electron chi connectivity index (χ0n) is 14.5. The van der Waals surface area contributed by atoms with Gasteiger partial charge in [-0.1, -0.05) is 18.9 Å². The van der Waals surface area contributed by atoms with Gasteiger partial charge in [-0.3, -0.25) is 0 Å². The van der Waals surface area contributed by atoms with Crippen molar-refractivity contribution in [2.75, 3.05) is 11.9 Å². The first-order valence-corrected chi connectivity index (χ1v) is 9.54. The van der Waals surface area contributed by atoms with Crippen LogP contribution in [0.25, 0.3) is 0 Å². The van der Waals surface area contributed by atoms with E-state index in [9.17, 15) is 5.11 Å². The standard InChI is InChI=1S/C21H25N3O/c25-19-13-16-14(12-18(19)24-20-6-2-4-9-23-20)11-17-15-5-1-3-7-21(15,16)8-10-22-17/h2,4,6,9,12-13,15,17,22,25H,1,3,5,7-8,10-11H2,(H,23,24)/t15-,17+,21+/m1/s1. The fourth-order valence-electron chi connectivity index (χ4n) is 5.65. The number of benzene rings is 1. The van der Waals surface area contributed by atoms with Crippen molar-refractivity contribution in [2.45, 2.75) is 50.0 Å². The van der Waals surface area contributed by atoms with Crippen molar-refractivity contribution in [3.8, 4) is 5.75 Å². The fourth-order valence-corrected chi connectivity index (χ4v) is 5.65. The van der Waals surface area contributed by atoms with Crippen molar-refractivity contribution in [1.29, 1.82) is 0 Å². The lowest BCUT2D eigenvalue weighted by Crippen LogP contribution is -2.59. The molecule has 1 aromatic heterocycles. The highest BCUT2D eigenvalue weighted by Gasteiger charge is 2.51. The van der Waals surface area contributed by atoms with Gasteiger partial charge in [0.2, 0.25) is 0 Å². The maximum atomic E-state index is 10.7. The molecular weight excluding hydrogens is 310 g/mol. The van der Waals surface area contributed by atoms with Crippen molar-refractivity contribution < 1.29 is 5.11 Å². The lowest BCUT2D eigenvalue weighted by atomic mass is 9.53. The lowest BCUT2D eigenvalue weighted by molar-refractivity contribution is 0.0796. The summed E-state index contributed by atoms with van der Waals surface area (Å²) in [6, 6.07) is 10.6. The van der Waals surface area contributed by atoms with Gasteiger partial charge in [0.15, 0.2) is 0 Å². The molecule has 2 heterocycles. The van der Waals surface area contributed by atoms with Gasteiger partial charge >= 0.3 is 0 Å². The Kier molecular flexibility index (Phi) is 3.49. The second-order valence-corrected chi connectivity index (χ2v) is 7.89. The number of aromatic nitrogens is 1. The van der Waals surface area contributed by atoms with Crippen LogP contribution < -0.4 is 10.6 Å². The van der Waals surface area contributed by atoms with Crippen molar-refractivity contribution in [3.63, 3.8) is 0 Å². The number of fused-ring (bicyclic) bond motifs is 1. The number of hydrogen-bond donors (Lipinski definition) is 3. The van der Waals surface area contributed by atoms with Crippen LogP contribution in [0.1, 0.15) is 43.2 Å². The molecule has 1 saturated heterocycles. The Labute approximate surface area is 148 Å². The molecule has 0 spiro atoms. The van der Waals surface area contributed by atoms with Crippen molar-refractivity contribution in [2.24, 2.45) is 5.92 Å². The fraction of sp³-hybridized carbons (Fsp3) is 0.476. The maximum absolute atomic E-state index is 10.7. The first-order valence-electron chi connectivity index (χ1n) is 9.54. The first-order chi connectivity index (χ1) is 12.3. The van der Waals surface area contributed by atoms with Gasteiger partial charge in [0.05, 0.1) is 5.69 Å². The van der Waals surface area contributed by atoms with Gasteiger partial charge in [0.25, 0.3) is 0 Å². The smallest absolute Gasteiger partial charge is 0.139 e. The van der Waals surface area contributed by atoms with Crippen LogP contribution in [0.4, 0.5) is 11.5 Å². The average molecular weight is 335 g/mol. The summed E-state index contributed by atoms with van der Waals surface area (Å²) in [5, 5.41) is 17.8. The Morgan fingerprint density at radius 3 is 3.04 bits per heavy atom. The number of nitrogens with zero attached hydrogens (tertiary/aromatic N) is 1. The molecule has 5 rings (SSSR count). The minimum atomic E-state index is 0.281. The van der Waals surface area contributed by atoms with Crippen molar-refractivity contribution in [3.05, 3.63) is 47.7 Å². The number of nitrogens with one attached hydrogen (secondary N) is 2. The molecule has 0 amide bonds. The SMILES string of the molecule is Oc1cc2c(cc1Nc1ccccn1)C[C@@H]1NCC[C@]23CCCC[C@H]13. The number of phenols is 1. The predicted molar refractivity (Wildman–Crippen MR) is 99.4 cm³/mol. The van der Waals surface area contributed by atoms with Gasteiger partial charge in [-0.2, -0.15) is 0 Å². The quantitative estimate of drug-likeness (QED) is 0.729. The Balaban J connectivity index is 1.57. The average Bonchev–Trinajstić information content (AvgIpc) is 2.64. The van der Waals surface area contributed by atoms with E-state index in [-0.39, 0.29) is 5.41 Å². The van der Waals surface area contributed by atoms with Crippen LogP contribution in [-0.2, 0) is 11.8 Å². The molecule has 4 heteroatoms. The molecule has 4 nitrogen and oxygen atoms in total. The summed E-state index contributed by atoms with van der Waals surface area (Å²) in [4.78, 5) is 4.31. The highest BCUT2D eigenvalue weighted by Crippen LogP contribution is 2.55. The summed E-state index contributed by atoms with van der Waals surface area (Å²) in [6.07, 6.45) is 9.30. The molecule has 3 aliphatic rings. The molecular formula is C21H25N3O. The molecule has 2 aromatic rings. The molecule has 1 aromatic carbocycles. The van der Waals surface area contributed by atoms with E-state index in [4.69, 9.17) is 0 Å². The predicted octanol–water partition coefficient (Wildman–Crippen LogP) is 3.88. The van der Waals surface area contributed by atoms with Crippen molar-refractivity contribution in [1.82, 2.24) is 10.3 Å². The number of anilines is 2. The van der Waals surface area contributed by atoms with Gasteiger partial charge < -0.3 is 15.7 Å². The van der Waals surface area contributed by atoms with E-state index in [1.54, 1.807) is 6.20 Å². The third-order valence-electron chi connectivity index (χ3n) is 6.69. The van der Waals surface area contributed by atoms with Crippen LogP contribution in [0.2, 0.25) is 0 Å². The van der Waals surface area contributed by atoms with E-state index >= 15 is 0 Å². The maximum Gasteiger partial charge on any atom is 0.139 e. The van der Waals surface area contributed by atoms with E-state index in [2.05, 4.69) is 27.8 Å². The molecule has 1 saturated carbocycles. The monoisotopic (exact) mass is 335 g/mol. The molecule has 2 fully saturated rings. The minimum absolute atomic E-state index is 0.281. The molecule has 130 valence electrons. The summed E-state index contributed by atoms with van der Waals surface area (Å²) >= 11 is 0. The van der Waals surface area contributed by atoms with E-state index < -0.39 is 0 Å². The zero-order chi connectivity index (χ0) is 16.9. The van der Waals surface area contributed by atoms with Crippen LogP contribution >= 0.6 is 0 Å². The molecule has 3 atom stereocenters. The number of pyridine rings is 1. The summed E-state index contributed by atoms with van der Waals surface area (Å²) in [7, 11) is 0. The van der Waals surface area contributed by atoms with Crippen LogP contribution in [0.5, 0.6) is 5.75 Å². The third-order valence-corrected chi connectivity index (χ3v) is 6.69. The molecule has 1 aliphatic heterocycles. The van der Waals surface area contributed by atoms with Crippen LogP contribution in [0.15, 0.2) is 36.5 Å². The summed E-state index contributed by atoms with van der Waals surface area (Å²) in [5.41, 5.74) is 3.86. The first kappa shape index (κ1) is 15.2. The zero-order valence-corrected chi connectivity index (χ0v) is 14.5. The van der Waals surface area contributed by atoms with E-state index in [0.29, 0.717) is 11.8 Å². The van der Waals surface area contributed by atoms with Crippen molar-refractivity contribution >= 4 is 11.5 Å². The Morgan fingerprint density at radius 2 is 2.16 bits per heavy atom. The normalized spacial score (nSPS) is 30.2.